The van der Waals surface area contributed by atoms with Gasteiger partial charge in [0.25, 0.3) is 0 Å². The summed E-state index contributed by atoms with van der Waals surface area (Å²) in [6, 6.07) is 7.09. The van der Waals surface area contributed by atoms with Crippen LogP contribution in [-0.4, -0.2) is 11.1 Å². The zero-order valence-electron chi connectivity index (χ0n) is 15.2. The molecule has 1 unspecified atom stereocenters. The highest BCUT2D eigenvalue weighted by molar-refractivity contribution is 5.66. The van der Waals surface area contributed by atoms with Gasteiger partial charge >= 0.3 is 5.97 Å². The summed E-state index contributed by atoms with van der Waals surface area (Å²) in [6.07, 6.45) is 6.87. The fourth-order valence-electron chi connectivity index (χ4n) is 4.37. The van der Waals surface area contributed by atoms with E-state index >= 15 is 0 Å². The smallest absolute Gasteiger partial charge is 0.303 e. The minimum absolute atomic E-state index is 0.205. The average Bonchev–Trinajstić information content (AvgIpc) is 2.51. The van der Waals surface area contributed by atoms with Crippen molar-refractivity contribution in [3.8, 4) is 0 Å². The van der Waals surface area contributed by atoms with Crippen LogP contribution in [0.2, 0.25) is 0 Å². The van der Waals surface area contributed by atoms with Gasteiger partial charge in [-0.25, -0.2) is 0 Å². The molecule has 1 aromatic carbocycles. The van der Waals surface area contributed by atoms with Crippen molar-refractivity contribution in [2.75, 3.05) is 0 Å². The summed E-state index contributed by atoms with van der Waals surface area (Å²) >= 11 is 0. The summed E-state index contributed by atoms with van der Waals surface area (Å²) in [5, 5.41) is 8.85. The normalized spacial score (nSPS) is 23.8. The minimum atomic E-state index is -0.673. The van der Waals surface area contributed by atoms with Crippen LogP contribution in [0.15, 0.2) is 18.2 Å². The fraction of sp³-hybridized carbons (Fsp3) is 0.667. The Balaban J connectivity index is 2.23. The van der Waals surface area contributed by atoms with E-state index in [9.17, 15) is 4.79 Å². The van der Waals surface area contributed by atoms with Crippen LogP contribution in [0.5, 0.6) is 0 Å². The second-order valence-corrected chi connectivity index (χ2v) is 7.73. The maximum atomic E-state index is 10.8. The van der Waals surface area contributed by atoms with Crippen LogP contribution in [0.1, 0.15) is 88.8 Å². The monoisotopic (exact) mass is 316 g/mol. The predicted octanol–water partition coefficient (Wildman–Crippen LogP) is 5.69. The lowest BCUT2D eigenvalue weighted by Gasteiger charge is -2.43. The Morgan fingerprint density at radius 2 is 2.09 bits per heavy atom. The number of carboxylic acid groups (broad SMARTS) is 1. The molecule has 1 N–H and O–H groups in total. The van der Waals surface area contributed by atoms with Gasteiger partial charge in [0.05, 0.1) is 0 Å². The first-order valence-electron chi connectivity index (χ1n) is 9.23. The number of carboxylic acids is 1. The lowest BCUT2D eigenvalue weighted by molar-refractivity contribution is -0.137. The largest absolute Gasteiger partial charge is 0.481 e. The van der Waals surface area contributed by atoms with Gasteiger partial charge in [-0.2, -0.15) is 0 Å². The van der Waals surface area contributed by atoms with Crippen LogP contribution in [-0.2, 0) is 16.6 Å². The zero-order valence-corrected chi connectivity index (χ0v) is 15.2. The molecule has 0 aromatic heterocycles. The molecule has 0 spiro atoms. The second kappa shape index (κ2) is 7.51. The van der Waals surface area contributed by atoms with E-state index < -0.39 is 5.97 Å². The molecule has 2 nitrogen and oxygen atoms in total. The quantitative estimate of drug-likeness (QED) is 0.657. The van der Waals surface area contributed by atoms with Crippen molar-refractivity contribution >= 4 is 5.97 Å². The first-order chi connectivity index (χ1) is 10.9. The molecule has 0 fully saturated rings. The zero-order chi connectivity index (χ0) is 17.0. The topological polar surface area (TPSA) is 37.3 Å². The van der Waals surface area contributed by atoms with Gasteiger partial charge in [0, 0.05) is 6.42 Å². The fourth-order valence-corrected chi connectivity index (χ4v) is 4.37. The van der Waals surface area contributed by atoms with Crippen molar-refractivity contribution in [2.45, 2.75) is 84.0 Å². The third-order valence-electron chi connectivity index (χ3n) is 5.90. The van der Waals surface area contributed by atoms with Crippen LogP contribution in [0.25, 0.3) is 0 Å². The Labute approximate surface area is 141 Å². The van der Waals surface area contributed by atoms with E-state index in [0.717, 1.165) is 19.3 Å². The van der Waals surface area contributed by atoms with Crippen molar-refractivity contribution in [3.05, 3.63) is 34.9 Å². The summed E-state index contributed by atoms with van der Waals surface area (Å²) in [5.74, 6) is 0.614. The van der Waals surface area contributed by atoms with Gasteiger partial charge in [-0.15, -0.1) is 0 Å². The van der Waals surface area contributed by atoms with E-state index in [1.807, 2.05) is 0 Å². The molecule has 0 heterocycles. The molecule has 0 saturated carbocycles. The van der Waals surface area contributed by atoms with Crippen LogP contribution in [0, 0.1) is 5.92 Å². The SMILES string of the molecule is CCC1CCc2cc(C(C)C)ccc2[C@@]1(C)CCCCC(=O)O. The summed E-state index contributed by atoms with van der Waals surface area (Å²) in [6.45, 7) is 9.22. The highest BCUT2D eigenvalue weighted by Crippen LogP contribution is 2.46. The summed E-state index contributed by atoms with van der Waals surface area (Å²) in [5.41, 5.74) is 4.69. The van der Waals surface area contributed by atoms with Crippen molar-refractivity contribution in [1.82, 2.24) is 0 Å². The van der Waals surface area contributed by atoms with Crippen molar-refractivity contribution in [3.63, 3.8) is 0 Å². The molecule has 2 rings (SSSR count). The number of unbranched alkanes of at least 4 members (excludes halogenated alkanes) is 1. The van der Waals surface area contributed by atoms with Crippen molar-refractivity contribution < 1.29 is 9.90 Å². The molecule has 1 aliphatic rings. The highest BCUT2D eigenvalue weighted by Gasteiger charge is 2.38. The molecule has 1 aromatic rings. The number of aliphatic carboxylic acids is 1. The molecule has 0 aliphatic heterocycles. The molecule has 23 heavy (non-hydrogen) atoms. The molecule has 0 radical (unpaired) electrons. The van der Waals surface area contributed by atoms with E-state index in [2.05, 4.69) is 45.9 Å². The maximum Gasteiger partial charge on any atom is 0.303 e. The third-order valence-corrected chi connectivity index (χ3v) is 5.90. The Morgan fingerprint density at radius 3 is 2.70 bits per heavy atom. The summed E-state index contributed by atoms with van der Waals surface area (Å²) in [7, 11) is 0. The van der Waals surface area contributed by atoms with Crippen LogP contribution >= 0.6 is 0 Å². The van der Waals surface area contributed by atoms with Gasteiger partial charge in [-0.3, -0.25) is 4.79 Å². The van der Waals surface area contributed by atoms with Gasteiger partial charge in [0.15, 0.2) is 0 Å². The van der Waals surface area contributed by atoms with Crippen LogP contribution in [0.4, 0.5) is 0 Å². The number of hydrogen-bond donors (Lipinski definition) is 1. The molecule has 128 valence electrons. The molecule has 0 saturated heterocycles. The highest BCUT2D eigenvalue weighted by atomic mass is 16.4. The number of fused-ring (bicyclic) bond motifs is 1. The average molecular weight is 316 g/mol. The number of rotatable bonds is 7. The van der Waals surface area contributed by atoms with E-state index in [1.165, 1.54) is 36.0 Å². The van der Waals surface area contributed by atoms with Crippen molar-refractivity contribution in [1.29, 1.82) is 0 Å². The number of aryl methyl sites for hydroxylation is 1. The minimum Gasteiger partial charge on any atom is -0.481 e. The van der Waals surface area contributed by atoms with E-state index in [-0.39, 0.29) is 5.41 Å². The lowest BCUT2D eigenvalue weighted by Crippen LogP contribution is -2.36. The van der Waals surface area contributed by atoms with Gasteiger partial charge in [0.1, 0.15) is 0 Å². The Kier molecular flexibility index (Phi) is 5.89. The van der Waals surface area contributed by atoms with Crippen molar-refractivity contribution in [2.24, 2.45) is 5.92 Å². The number of hydrogen-bond acceptors (Lipinski definition) is 1. The molecule has 0 amide bonds. The molecular formula is C21H32O2. The summed E-state index contributed by atoms with van der Waals surface area (Å²) in [4.78, 5) is 10.8. The van der Waals surface area contributed by atoms with Gasteiger partial charge in [-0.1, -0.05) is 58.7 Å². The van der Waals surface area contributed by atoms with Gasteiger partial charge < -0.3 is 5.11 Å². The number of benzene rings is 1. The first kappa shape index (κ1) is 18.0. The first-order valence-corrected chi connectivity index (χ1v) is 9.23. The lowest BCUT2D eigenvalue weighted by atomic mass is 9.61. The Morgan fingerprint density at radius 1 is 1.35 bits per heavy atom. The molecule has 0 bridgehead atoms. The van der Waals surface area contributed by atoms with E-state index in [1.54, 1.807) is 0 Å². The number of carbonyl (C=O) groups is 1. The molecular weight excluding hydrogens is 284 g/mol. The Hall–Kier alpha value is -1.31. The van der Waals surface area contributed by atoms with E-state index in [0.29, 0.717) is 18.3 Å². The molecule has 1 aliphatic carbocycles. The molecule has 2 atom stereocenters. The van der Waals surface area contributed by atoms with E-state index in [4.69, 9.17) is 5.11 Å². The predicted molar refractivity (Wildman–Crippen MR) is 96.1 cm³/mol. The second-order valence-electron chi connectivity index (χ2n) is 7.73. The van der Waals surface area contributed by atoms with Crippen LogP contribution < -0.4 is 0 Å². The van der Waals surface area contributed by atoms with Gasteiger partial charge in [0.2, 0.25) is 0 Å². The van der Waals surface area contributed by atoms with Crippen LogP contribution in [0.3, 0.4) is 0 Å². The maximum absolute atomic E-state index is 10.8. The summed E-state index contributed by atoms with van der Waals surface area (Å²) < 4.78 is 0. The van der Waals surface area contributed by atoms with Gasteiger partial charge in [-0.05, 0) is 59.6 Å². The third kappa shape index (κ3) is 3.97. The molecule has 2 heteroatoms. The standard InChI is InChI=1S/C21H32O2/c1-5-18-11-9-17-14-16(15(2)3)10-12-19(17)21(18,4)13-7-6-8-20(22)23/h10,12,14-15,18H,5-9,11,13H2,1-4H3,(H,22,23)/t18?,21-/m0/s1. The Bertz CT molecular complexity index is 547.